The second-order valence-electron chi connectivity index (χ2n) is 6.60. The van der Waals surface area contributed by atoms with Gasteiger partial charge in [0.2, 0.25) is 0 Å². The van der Waals surface area contributed by atoms with Crippen LogP contribution in [0.25, 0.3) is 0 Å². The molecule has 164 valence electrons. The Morgan fingerprint density at radius 2 is 1.56 bits per heavy atom. The number of pyridine rings is 1. The van der Waals surface area contributed by atoms with E-state index in [1.165, 1.54) is 12.1 Å². The fraction of sp³-hybridized carbons (Fsp3) is 0.130. The Bertz CT molecular complexity index is 1180. The minimum atomic E-state index is -4.81. The molecule has 3 aromatic rings. The van der Waals surface area contributed by atoms with E-state index in [1.807, 2.05) is 11.4 Å². The van der Waals surface area contributed by atoms with Crippen molar-refractivity contribution < 1.29 is 26.7 Å². The maximum Gasteiger partial charge on any atom is 0.417 e. The normalized spacial score (nSPS) is 11.4. The third kappa shape index (κ3) is 5.62. The van der Waals surface area contributed by atoms with Crippen molar-refractivity contribution in [2.45, 2.75) is 12.1 Å². The van der Waals surface area contributed by atoms with E-state index in [-0.39, 0.29) is 5.02 Å². The van der Waals surface area contributed by atoms with Gasteiger partial charge in [-0.3, -0.25) is 9.78 Å². The summed E-state index contributed by atoms with van der Waals surface area (Å²) in [4.78, 5) is 15.8. The van der Waals surface area contributed by atoms with Gasteiger partial charge < -0.3 is 5.32 Å². The highest BCUT2D eigenvalue weighted by molar-refractivity contribution is 6.31. The fourth-order valence-electron chi connectivity index (χ4n) is 2.74. The zero-order valence-corrected chi connectivity index (χ0v) is 16.9. The molecule has 0 radical (unpaired) electrons. The number of benzene rings is 2. The first-order valence-corrected chi connectivity index (χ1v) is 9.51. The number of hydrogen-bond donors (Lipinski definition) is 1. The molecule has 0 aliphatic heterocycles. The summed E-state index contributed by atoms with van der Waals surface area (Å²) < 4.78 is 68.3. The van der Waals surface area contributed by atoms with Crippen LogP contribution in [0.4, 0.5) is 22.0 Å². The van der Waals surface area contributed by atoms with Gasteiger partial charge in [-0.2, -0.15) is 22.0 Å². The standard InChI is InChI=1S/C23H14ClF5N2O/c24-19-12-16(11-10-15-6-2-1-3-7-15)13-30-20(19)22(25,26)14-31-21(32)17-8-4-5-9-18(17)23(27,28)29/h1-9,12-13H,14H2,(H,31,32). The molecule has 0 bridgehead atoms. The average molecular weight is 465 g/mol. The minimum absolute atomic E-state index is 0.293. The molecule has 0 atom stereocenters. The molecule has 2 aromatic carbocycles. The highest BCUT2D eigenvalue weighted by Gasteiger charge is 2.38. The summed E-state index contributed by atoms with van der Waals surface area (Å²) in [5, 5.41) is 1.43. The highest BCUT2D eigenvalue weighted by Crippen LogP contribution is 2.33. The van der Waals surface area contributed by atoms with E-state index in [4.69, 9.17) is 11.6 Å². The zero-order valence-electron chi connectivity index (χ0n) is 16.2. The predicted molar refractivity (Wildman–Crippen MR) is 109 cm³/mol. The molecule has 3 nitrogen and oxygen atoms in total. The van der Waals surface area contributed by atoms with Crippen molar-refractivity contribution in [1.29, 1.82) is 0 Å². The van der Waals surface area contributed by atoms with Gasteiger partial charge in [0.15, 0.2) is 0 Å². The molecule has 32 heavy (non-hydrogen) atoms. The monoisotopic (exact) mass is 464 g/mol. The lowest BCUT2D eigenvalue weighted by atomic mass is 10.1. The number of rotatable bonds is 4. The van der Waals surface area contributed by atoms with Gasteiger partial charge in [-0.15, -0.1) is 0 Å². The number of halogens is 6. The van der Waals surface area contributed by atoms with Gasteiger partial charge in [-0.05, 0) is 30.3 Å². The topological polar surface area (TPSA) is 42.0 Å². The number of nitrogens with zero attached hydrogens (tertiary/aromatic N) is 1. The first-order valence-electron chi connectivity index (χ1n) is 9.13. The van der Waals surface area contributed by atoms with Crippen molar-refractivity contribution in [2.24, 2.45) is 0 Å². The molecule has 0 aliphatic carbocycles. The molecule has 0 unspecified atom stereocenters. The van der Waals surface area contributed by atoms with Crippen LogP contribution in [-0.2, 0) is 12.1 Å². The van der Waals surface area contributed by atoms with Crippen LogP contribution in [-0.4, -0.2) is 17.4 Å². The summed E-state index contributed by atoms with van der Waals surface area (Å²) >= 11 is 5.94. The summed E-state index contributed by atoms with van der Waals surface area (Å²) in [5.41, 5.74) is -1.81. The van der Waals surface area contributed by atoms with Gasteiger partial charge in [-0.25, -0.2) is 0 Å². The fourth-order valence-corrected chi connectivity index (χ4v) is 3.04. The Morgan fingerprint density at radius 1 is 0.938 bits per heavy atom. The third-order valence-electron chi connectivity index (χ3n) is 4.26. The maximum atomic E-state index is 14.6. The zero-order chi connectivity index (χ0) is 23.4. The molecule has 0 saturated heterocycles. The molecule has 0 aliphatic rings. The molecule has 1 aromatic heterocycles. The molecule has 0 saturated carbocycles. The van der Waals surface area contributed by atoms with Crippen LogP contribution in [0.3, 0.4) is 0 Å². The van der Waals surface area contributed by atoms with E-state index < -0.39 is 41.4 Å². The van der Waals surface area contributed by atoms with E-state index in [9.17, 15) is 26.7 Å². The van der Waals surface area contributed by atoms with E-state index in [0.29, 0.717) is 17.2 Å². The van der Waals surface area contributed by atoms with Crippen LogP contribution in [0.2, 0.25) is 5.02 Å². The number of aromatic nitrogens is 1. The van der Waals surface area contributed by atoms with Crippen molar-refractivity contribution in [3.05, 3.63) is 99.8 Å². The smallest absolute Gasteiger partial charge is 0.346 e. The van der Waals surface area contributed by atoms with Crippen LogP contribution >= 0.6 is 11.6 Å². The molecule has 0 spiro atoms. The van der Waals surface area contributed by atoms with E-state index in [2.05, 4.69) is 16.8 Å². The molecular weight excluding hydrogens is 451 g/mol. The molecule has 0 fully saturated rings. The molecule has 1 amide bonds. The predicted octanol–water partition coefficient (Wildman–Crippen LogP) is 5.68. The third-order valence-corrected chi connectivity index (χ3v) is 4.55. The SMILES string of the molecule is O=C(NCC(F)(F)c1ncc(C#Cc2ccccc2)cc1Cl)c1ccccc1C(F)(F)F. The van der Waals surface area contributed by atoms with Crippen molar-refractivity contribution in [3.8, 4) is 11.8 Å². The van der Waals surface area contributed by atoms with Gasteiger partial charge in [0, 0.05) is 17.3 Å². The number of carbonyl (C=O) groups excluding carboxylic acids is 1. The molecule has 9 heteroatoms. The van der Waals surface area contributed by atoms with Crippen molar-refractivity contribution in [1.82, 2.24) is 10.3 Å². The maximum absolute atomic E-state index is 14.6. The quantitative estimate of drug-likeness (QED) is 0.399. The Kier molecular flexibility index (Phi) is 6.80. The summed E-state index contributed by atoms with van der Waals surface area (Å²) in [6.45, 7) is -1.29. The Morgan fingerprint density at radius 3 is 2.22 bits per heavy atom. The minimum Gasteiger partial charge on any atom is -0.346 e. The van der Waals surface area contributed by atoms with Crippen LogP contribution < -0.4 is 5.32 Å². The van der Waals surface area contributed by atoms with E-state index >= 15 is 0 Å². The summed E-state index contributed by atoms with van der Waals surface area (Å²) in [6, 6.07) is 14.0. The van der Waals surface area contributed by atoms with Crippen LogP contribution in [0.5, 0.6) is 0 Å². The highest BCUT2D eigenvalue weighted by atomic mass is 35.5. The van der Waals surface area contributed by atoms with Crippen molar-refractivity contribution in [2.75, 3.05) is 6.54 Å². The lowest BCUT2D eigenvalue weighted by Crippen LogP contribution is -2.36. The van der Waals surface area contributed by atoms with Crippen molar-refractivity contribution in [3.63, 3.8) is 0 Å². The second-order valence-corrected chi connectivity index (χ2v) is 7.01. The Balaban J connectivity index is 1.75. The first kappa shape index (κ1) is 23.2. The first-order chi connectivity index (χ1) is 15.1. The molecule has 1 N–H and O–H groups in total. The van der Waals surface area contributed by atoms with Gasteiger partial charge in [0.1, 0.15) is 5.69 Å². The largest absolute Gasteiger partial charge is 0.417 e. The average Bonchev–Trinajstić information content (AvgIpc) is 2.76. The van der Waals surface area contributed by atoms with Crippen LogP contribution in [0.15, 0.2) is 66.9 Å². The molecule has 3 rings (SSSR count). The van der Waals surface area contributed by atoms with Gasteiger partial charge in [0.05, 0.1) is 22.7 Å². The number of hydrogen-bond acceptors (Lipinski definition) is 2. The second kappa shape index (κ2) is 9.37. The van der Waals surface area contributed by atoms with Gasteiger partial charge in [-0.1, -0.05) is 53.8 Å². The van der Waals surface area contributed by atoms with Gasteiger partial charge >= 0.3 is 12.1 Å². The van der Waals surface area contributed by atoms with Crippen LogP contribution in [0, 0.1) is 11.8 Å². The Labute approximate surface area is 185 Å². The number of amides is 1. The summed E-state index contributed by atoms with van der Waals surface area (Å²) in [7, 11) is 0. The molecular formula is C23H14ClF5N2O. The lowest BCUT2D eigenvalue weighted by molar-refractivity contribution is -0.137. The van der Waals surface area contributed by atoms with Gasteiger partial charge in [0.25, 0.3) is 5.91 Å². The van der Waals surface area contributed by atoms with E-state index in [1.54, 1.807) is 24.3 Å². The van der Waals surface area contributed by atoms with E-state index in [0.717, 1.165) is 18.3 Å². The molecule has 1 heterocycles. The number of nitrogens with one attached hydrogen (secondary N) is 1. The van der Waals surface area contributed by atoms with Crippen molar-refractivity contribution >= 4 is 17.5 Å². The Hall–Kier alpha value is -3.44. The lowest BCUT2D eigenvalue weighted by Gasteiger charge is -2.18. The number of alkyl halides is 5. The summed E-state index contributed by atoms with van der Waals surface area (Å²) in [6.07, 6.45) is -3.70. The van der Waals surface area contributed by atoms with Crippen LogP contribution in [0.1, 0.15) is 32.7 Å². The summed E-state index contributed by atoms with van der Waals surface area (Å²) in [5.74, 6) is 0.568. The number of carbonyl (C=O) groups is 1.